The minimum atomic E-state index is -0.604. The van der Waals surface area contributed by atoms with Gasteiger partial charge in [0, 0.05) is 4.70 Å². The van der Waals surface area contributed by atoms with Gasteiger partial charge in [0.1, 0.15) is 28.8 Å². The Morgan fingerprint density at radius 2 is 1.58 bits per heavy atom. The van der Waals surface area contributed by atoms with Crippen LogP contribution in [0, 0.1) is 6.92 Å². The summed E-state index contributed by atoms with van der Waals surface area (Å²) in [5.41, 5.74) is 1.55. The second-order valence-corrected chi connectivity index (χ2v) is 10.5. The summed E-state index contributed by atoms with van der Waals surface area (Å²) in [6.07, 6.45) is 1.64. The molecule has 7 nitrogen and oxygen atoms in total. The van der Waals surface area contributed by atoms with Crippen LogP contribution in [0.4, 0.5) is 5.00 Å². The van der Waals surface area contributed by atoms with Crippen molar-refractivity contribution in [1.29, 1.82) is 0 Å². The second-order valence-electron chi connectivity index (χ2n) is 8.39. The maximum atomic E-state index is 13.5. The first-order valence-corrected chi connectivity index (χ1v) is 14.0. The number of rotatable bonds is 11. The number of anilines is 1. The molecule has 0 bridgehead atoms. The van der Waals surface area contributed by atoms with Gasteiger partial charge in [0.15, 0.2) is 0 Å². The number of carbonyl (C=O) groups is 3. The highest BCUT2D eigenvalue weighted by Gasteiger charge is 2.28. The molecular weight excluding hydrogens is 522 g/mol. The highest BCUT2D eigenvalue weighted by Crippen LogP contribution is 2.37. The molecule has 9 heteroatoms. The fourth-order valence-corrected chi connectivity index (χ4v) is 6.29. The smallest absolute Gasteiger partial charge is 0.348 e. The van der Waals surface area contributed by atoms with E-state index in [2.05, 4.69) is 12.2 Å². The Hall–Kier alpha value is -3.69. The van der Waals surface area contributed by atoms with E-state index in [4.69, 9.17) is 14.2 Å². The zero-order chi connectivity index (χ0) is 27.1. The maximum Gasteiger partial charge on any atom is 0.348 e. The Labute approximate surface area is 229 Å². The van der Waals surface area contributed by atoms with E-state index in [9.17, 15) is 14.4 Å². The van der Waals surface area contributed by atoms with Crippen molar-refractivity contribution < 1.29 is 28.6 Å². The Kier molecular flexibility index (Phi) is 9.15. The number of esters is 2. The molecule has 0 saturated heterocycles. The number of hydrogen-bond acceptors (Lipinski definition) is 8. The normalized spacial score (nSPS) is 10.8. The predicted molar refractivity (Wildman–Crippen MR) is 151 cm³/mol. The lowest BCUT2D eigenvalue weighted by Crippen LogP contribution is -2.15. The summed E-state index contributed by atoms with van der Waals surface area (Å²) in [7, 11) is 0. The Morgan fingerprint density at radius 3 is 2.32 bits per heavy atom. The number of amides is 1. The van der Waals surface area contributed by atoms with Crippen molar-refractivity contribution in [3.8, 4) is 5.75 Å². The molecule has 1 N–H and O–H groups in total. The van der Waals surface area contributed by atoms with E-state index in [1.807, 2.05) is 54.6 Å². The molecule has 0 unspecified atom stereocenters. The Morgan fingerprint density at radius 1 is 0.842 bits per heavy atom. The van der Waals surface area contributed by atoms with Gasteiger partial charge in [-0.05, 0) is 55.0 Å². The molecule has 2 heterocycles. The molecule has 0 spiro atoms. The molecule has 2 aromatic carbocycles. The second kappa shape index (κ2) is 12.7. The fraction of sp³-hybridized carbons (Fsp3) is 0.276. The number of carbonyl (C=O) groups excluding carboxylic acids is 3. The maximum absolute atomic E-state index is 13.5. The number of benzene rings is 2. The van der Waals surface area contributed by atoms with E-state index >= 15 is 0 Å². The average molecular weight is 552 g/mol. The third-order valence-corrected chi connectivity index (χ3v) is 8.17. The number of aryl methyl sites for hydroxylation is 1. The largest absolute Gasteiger partial charge is 0.490 e. The highest BCUT2D eigenvalue weighted by molar-refractivity contribution is 7.21. The lowest BCUT2D eigenvalue weighted by Gasteiger charge is -2.08. The number of thiophene rings is 2. The van der Waals surface area contributed by atoms with Gasteiger partial charge in [-0.25, -0.2) is 9.59 Å². The van der Waals surface area contributed by atoms with Gasteiger partial charge in [-0.2, -0.15) is 0 Å². The lowest BCUT2D eigenvalue weighted by molar-refractivity contribution is 0.0455. The number of nitrogens with one attached hydrogen (secondary N) is 1. The molecule has 0 fully saturated rings. The van der Waals surface area contributed by atoms with E-state index < -0.39 is 11.9 Å². The summed E-state index contributed by atoms with van der Waals surface area (Å²) in [4.78, 5) is 40.0. The van der Waals surface area contributed by atoms with Gasteiger partial charge in [-0.3, -0.25) is 4.79 Å². The summed E-state index contributed by atoms with van der Waals surface area (Å²) >= 11 is 2.42. The zero-order valence-corrected chi connectivity index (χ0v) is 23.1. The van der Waals surface area contributed by atoms with Crippen LogP contribution < -0.4 is 10.1 Å². The van der Waals surface area contributed by atoms with Crippen LogP contribution in [0.1, 0.15) is 61.1 Å². The minimum Gasteiger partial charge on any atom is -0.490 e. The van der Waals surface area contributed by atoms with Gasteiger partial charge < -0.3 is 19.5 Å². The van der Waals surface area contributed by atoms with Gasteiger partial charge in [0.25, 0.3) is 5.91 Å². The minimum absolute atomic E-state index is 0.0314. The van der Waals surface area contributed by atoms with Crippen molar-refractivity contribution in [1.82, 2.24) is 0 Å². The number of para-hydroxylation sites is 1. The summed E-state index contributed by atoms with van der Waals surface area (Å²) < 4.78 is 17.2. The molecule has 198 valence electrons. The van der Waals surface area contributed by atoms with Crippen molar-refractivity contribution >= 4 is 55.6 Å². The molecule has 4 aromatic rings. The molecule has 4 rings (SSSR count). The summed E-state index contributed by atoms with van der Waals surface area (Å²) in [6.45, 7) is 5.79. The first-order valence-electron chi connectivity index (χ1n) is 12.4. The number of ether oxygens (including phenoxy) is 3. The van der Waals surface area contributed by atoms with Crippen LogP contribution in [-0.2, 0) is 15.9 Å². The van der Waals surface area contributed by atoms with Crippen LogP contribution in [0.5, 0.6) is 5.75 Å². The van der Waals surface area contributed by atoms with Crippen LogP contribution in [0.25, 0.3) is 10.1 Å². The summed E-state index contributed by atoms with van der Waals surface area (Å²) in [5, 5.41) is 4.20. The van der Waals surface area contributed by atoms with Crippen LogP contribution in [0.3, 0.4) is 0 Å². The predicted octanol–water partition coefficient (Wildman–Crippen LogP) is 6.89. The quantitative estimate of drug-likeness (QED) is 0.161. The average Bonchev–Trinajstić information content (AvgIpc) is 3.45. The SMILES string of the molecule is CCCc1c(C(=O)Nc2sc(C(=O)OCCOc3ccccc3)c(C)c2C(=O)OCC)sc2ccccc12. The summed E-state index contributed by atoms with van der Waals surface area (Å²) in [6, 6.07) is 17.1. The number of hydrogen-bond donors (Lipinski definition) is 1. The third kappa shape index (κ3) is 6.06. The standard InChI is InChI=1S/C29H29NO6S2/c1-4-11-21-20-14-9-10-15-22(20)37-25(21)26(31)30-27-23(28(32)34-5-2)18(3)24(38-27)29(33)36-17-16-35-19-12-7-6-8-13-19/h6-10,12-15H,4-5,11,16-17H2,1-3H3,(H,30,31). The van der Waals surface area contributed by atoms with Crippen LogP contribution in [0.15, 0.2) is 54.6 Å². The first kappa shape index (κ1) is 27.3. The van der Waals surface area contributed by atoms with Crippen LogP contribution in [-0.4, -0.2) is 37.7 Å². The molecule has 38 heavy (non-hydrogen) atoms. The van der Waals surface area contributed by atoms with E-state index in [0.717, 1.165) is 39.8 Å². The fourth-order valence-electron chi connectivity index (χ4n) is 4.06. The molecule has 0 radical (unpaired) electrons. The van der Waals surface area contributed by atoms with Crippen LogP contribution in [0.2, 0.25) is 0 Å². The monoisotopic (exact) mass is 551 g/mol. The third-order valence-electron chi connectivity index (χ3n) is 5.77. The Balaban J connectivity index is 1.56. The molecule has 0 aliphatic carbocycles. The Bertz CT molecular complexity index is 1440. The molecule has 1 amide bonds. The van der Waals surface area contributed by atoms with Crippen molar-refractivity contribution in [2.24, 2.45) is 0 Å². The molecule has 0 atom stereocenters. The van der Waals surface area contributed by atoms with Crippen LogP contribution >= 0.6 is 22.7 Å². The molecule has 0 saturated carbocycles. The highest BCUT2D eigenvalue weighted by atomic mass is 32.1. The van der Waals surface area contributed by atoms with Gasteiger partial charge in [-0.1, -0.05) is 49.7 Å². The molecule has 0 aliphatic heterocycles. The summed E-state index contributed by atoms with van der Waals surface area (Å²) in [5.74, 6) is -0.844. The van der Waals surface area contributed by atoms with Crippen molar-refractivity contribution in [2.45, 2.75) is 33.6 Å². The van der Waals surface area contributed by atoms with Crippen molar-refractivity contribution in [3.63, 3.8) is 0 Å². The van der Waals surface area contributed by atoms with Gasteiger partial charge in [0.05, 0.1) is 17.0 Å². The van der Waals surface area contributed by atoms with E-state index in [-0.39, 0.29) is 41.2 Å². The first-order chi connectivity index (χ1) is 18.4. The van der Waals surface area contributed by atoms with Gasteiger partial charge in [0.2, 0.25) is 0 Å². The van der Waals surface area contributed by atoms with E-state index in [1.54, 1.807) is 13.8 Å². The molecular formula is C29H29NO6S2. The molecule has 0 aliphatic rings. The number of fused-ring (bicyclic) bond motifs is 1. The topological polar surface area (TPSA) is 90.9 Å². The zero-order valence-electron chi connectivity index (χ0n) is 21.5. The molecule has 2 aromatic heterocycles. The van der Waals surface area contributed by atoms with Gasteiger partial charge in [-0.15, -0.1) is 22.7 Å². The van der Waals surface area contributed by atoms with E-state index in [0.29, 0.717) is 16.2 Å². The van der Waals surface area contributed by atoms with Gasteiger partial charge >= 0.3 is 11.9 Å². The van der Waals surface area contributed by atoms with E-state index in [1.165, 1.54) is 11.3 Å². The van der Waals surface area contributed by atoms with Crippen molar-refractivity contribution in [3.05, 3.63) is 81.0 Å². The lowest BCUT2D eigenvalue weighted by atomic mass is 10.1. The van der Waals surface area contributed by atoms with Crippen molar-refractivity contribution in [2.75, 3.05) is 25.1 Å².